The van der Waals surface area contributed by atoms with Gasteiger partial charge >= 0.3 is 0 Å². The molecule has 0 aromatic heterocycles. The Labute approximate surface area is 253 Å². The monoisotopic (exact) mass is 589 g/mol. The summed E-state index contributed by atoms with van der Waals surface area (Å²) in [5, 5.41) is 13.7. The van der Waals surface area contributed by atoms with Crippen LogP contribution in [0.2, 0.25) is 0 Å². The number of methoxy groups -OCH3 is 2. The second-order valence-electron chi connectivity index (χ2n) is 12.4. The summed E-state index contributed by atoms with van der Waals surface area (Å²) in [6, 6.07) is 8.22. The zero-order chi connectivity index (χ0) is 31.6. The van der Waals surface area contributed by atoms with E-state index >= 15 is 0 Å². The summed E-state index contributed by atoms with van der Waals surface area (Å²) in [6.45, 7) is 12.4. The van der Waals surface area contributed by atoms with Gasteiger partial charge in [-0.05, 0) is 37.2 Å². The van der Waals surface area contributed by atoms with E-state index in [0.29, 0.717) is 13.0 Å². The Morgan fingerprint density at radius 1 is 1.05 bits per heavy atom. The van der Waals surface area contributed by atoms with E-state index in [4.69, 9.17) is 9.47 Å². The van der Waals surface area contributed by atoms with Gasteiger partial charge in [0.1, 0.15) is 0 Å². The normalized spacial score (nSPS) is 20.4. The number of aliphatic hydroxyl groups excluding tert-OH is 1. The highest BCUT2D eigenvalue weighted by Gasteiger charge is 2.42. The van der Waals surface area contributed by atoms with Gasteiger partial charge in [0.2, 0.25) is 17.7 Å². The number of carbonyl (C=O) groups is 3. The van der Waals surface area contributed by atoms with Crippen molar-refractivity contribution >= 4 is 17.7 Å². The van der Waals surface area contributed by atoms with Gasteiger partial charge in [0, 0.05) is 34.2 Å². The molecule has 0 radical (unpaired) electrons. The van der Waals surface area contributed by atoms with Crippen LogP contribution in [0.25, 0.3) is 0 Å². The van der Waals surface area contributed by atoms with Gasteiger partial charge in [-0.15, -0.1) is 0 Å². The number of amides is 3. The molecular weight excluding hydrogens is 534 g/mol. The van der Waals surface area contributed by atoms with Crippen molar-refractivity contribution in [2.24, 2.45) is 17.8 Å². The number of hydrogen-bond donors (Lipinski definition) is 2. The molecule has 1 aromatic carbocycles. The van der Waals surface area contributed by atoms with E-state index < -0.39 is 30.3 Å². The van der Waals surface area contributed by atoms with Crippen molar-refractivity contribution in [2.75, 3.05) is 27.8 Å². The molecule has 1 fully saturated rings. The van der Waals surface area contributed by atoms with Crippen molar-refractivity contribution in [1.82, 2.24) is 15.1 Å². The number of carbonyl (C=O) groups excluding carboxylic acids is 3. The number of hydrogen-bond acceptors (Lipinski definition) is 6. The lowest BCUT2D eigenvalue weighted by Gasteiger charge is -2.39. The first-order valence-corrected chi connectivity index (χ1v) is 15.5. The minimum atomic E-state index is -0.845. The largest absolute Gasteiger partial charge is 0.386 e. The molecule has 8 atom stereocenters. The first-order chi connectivity index (χ1) is 19.9. The van der Waals surface area contributed by atoms with Gasteiger partial charge in [-0.1, -0.05) is 71.4 Å². The highest BCUT2D eigenvalue weighted by molar-refractivity contribution is 5.81. The molecule has 9 heteroatoms. The molecule has 1 heterocycles. The summed E-state index contributed by atoms with van der Waals surface area (Å²) < 4.78 is 11.8. The summed E-state index contributed by atoms with van der Waals surface area (Å²) in [5.41, 5.74) is 0.730. The van der Waals surface area contributed by atoms with Crippen molar-refractivity contribution in [2.45, 2.75) is 110 Å². The number of likely N-dealkylation sites (tertiary alicyclic amines) is 1. The maximum Gasteiger partial charge on any atom is 0.225 e. The third-order valence-corrected chi connectivity index (χ3v) is 8.87. The molecule has 1 aliphatic rings. The van der Waals surface area contributed by atoms with Crippen molar-refractivity contribution in [1.29, 1.82) is 0 Å². The van der Waals surface area contributed by atoms with E-state index in [-0.39, 0.29) is 48.1 Å². The highest BCUT2D eigenvalue weighted by atomic mass is 16.5. The zero-order valence-electron chi connectivity index (χ0n) is 27.2. The fraction of sp³-hybridized carbons (Fsp3) is 0.727. The molecule has 1 aliphatic heterocycles. The Kier molecular flexibility index (Phi) is 14.4. The SMILES string of the molecule is CC[C@H](C)[C@@H](C(CC(=O)N1CCC[C@H]1C(OC)C(C)C(=O)N[C@H](C)C(O)c1ccccc1)OC)N(C)C(=O)CC(C)C. The third kappa shape index (κ3) is 9.25. The van der Waals surface area contributed by atoms with Crippen LogP contribution in [0.1, 0.15) is 85.3 Å². The van der Waals surface area contributed by atoms with E-state index in [2.05, 4.69) is 19.2 Å². The van der Waals surface area contributed by atoms with Gasteiger partial charge in [0.25, 0.3) is 0 Å². The molecule has 2 N–H and O–H groups in total. The van der Waals surface area contributed by atoms with Crippen LogP contribution in [0.3, 0.4) is 0 Å². The molecule has 0 aliphatic carbocycles. The summed E-state index contributed by atoms with van der Waals surface area (Å²) in [4.78, 5) is 43.7. The fourth-order valence-corrected chi connectivity index (χ4v) is 6.19. The smallest absolute Gasteiger partial charge is 0.225 e. The number of ether oxygens (including phenoxy) is 2. The Balaban J connectivity index is 2.15. The Morgan fingerprint density at radius 3 is 2.24 bits per heavy atom. The molecule has 0 spiro atoms. The van der Waals surface area contributed by atoms with Crippen LogP contribution >= 0.6 is 0 Å². The minimum Gasteiger partial charge on any atom is -0.386 e. The van der Waals surface area contributed by atoms with Crippen molar-refractivity contribution < 1.29 is 29.0 Å². The minimum absolute atomic E-state index is 0.0507. The second kappa shape index (κ2) is 17.0. The van der Waals surface area contributed by atoms with Gasteiger partial charge < -0.3 is 29.7 Å². The quantitative estimate of drug-likeness (QED) is 0.299. The average Bonchev–Trinajstić information content (AvgIpc) is 3.46. The molecule has 2 rings (SSSR count). The molecule has 4 unspecified atom stereocenters. The lowest BCUT2D eigenvalue weighted by atomic mass is 9.90. The summed E-state index contributed by atoms with van der Waals surface area (Å²) in [7, 11) is 4.99. The summed E-state index contributed by atoms with van der Waals surface area (Å²) >= 11 is 0. The molecule has 0 bridgehead atoms. The summed E-state index contributed by atoms with van der Waals surface area (Å²) in [6.07, 6.45) is 1.15. The van der Waals surface area contributed by atoms with E-state index in [9.17, 15) is 19.5 Å². The topological polar surface area (TPSA) is 108 Å². The van der Waals surface area contributed by atoms with Crippen LogP contribution in [-0.2, 0) is 23.9 Å². The van der Waals surface area contributed by atoms with Crippen molar-refractivity contribution in [3.05, 3.63) is 35.9 Å². The molecule has 9 nitrogen and oxygen atoms in total. The molecule has 0 saturated carbocycles. The van der Waals surface area contributed by atoms with Crippen LogP contribution in [-0.4, -0.2) is 90.8 Å². The number of benzene rings is 1. The predicted molar refractivity (Wildman–Crippen MR) is 165 cm³/mol. The lowest BCUT2D eigenvalue weighted by molar-refractivity contribution is -0.146. The number of aliphatic hydroxyl groups is 1. The van der Waals surface area contributed by atoms with Crippen LogP contribution in [0.4, 0.5) is 0 Å². The van der Waals surface area contributed by atoms with Gasteiger partial charge in [0.05, 0.1) is 48.8 Å². The van der Waals surface area contributed by atoms with E-state index in [1.54, 1.807) is 33.0 Å². The third-order valence-electron chi connectivity index (χ3n) is 8.87. The fourth-order valence-electron chi connectivity index (χ4n) is 6.19. The van der Waals surface area contributed by atoms with Crippen LogP contribution in [0.5, 0.6) is 0 Å². The maximum atomic E-state index is 13.8. The first kappa shape index (κ1) is 35.7. The van der Waals surface area contributed by atoms with Gasteiger partial charge in [-0.3, -0.25) is 14.4 Å². The summed E-state index contributed by atoms with van der Waals surface area (Å²) in [5.74, 6) is -0.424. The second-order valence-corrected chi connectivity index (χ2v) is 12.4. The van der Waals surface area contributed by atoms with Gasteiger partial charge in [-0.2, -0.15) is 0 Å². The highest BCUT2D eigenvalue weighted by Crippen LogP contribution is 2.30. The van der Waals surface area contributed by atoms with Crippen LogP contribution < -0.4 is 5.32 Å². The lowest BCUT2D eigenvalue weighted by Crippen LogP contribution is -2.53. The Hall–Kier alpha value is -2.49. The number of likely N-dealkylation sites (N-methyl/N-ethyl adjacent to an activating group) is 1. The molecule has 238 valence electrons. The number of rotatable bonds is 16. The Bertz CT molecular complexity index is 989. The molecule has 3 amide bonds. The van der Waals surface area contributed by atoms with Crippen molar-refractivity contribution in [3.63, 3.8) is 0 Å². The molecular formula is C33H55N3O6. The van der Waals surface area contributed by atoms with Crippen LogP contribution in [0.15, 0.2) is 30.3 Å². The molecule has 1 aromatic rings. The molecule has 1 saturated heterocycles. The van der Waals surface area contributed by atoms with Crippen molar-refractivity contribution in [3.8, 4) is 0 Å². The Morgan fingerprint density at radius 2 is 1.69 bits per heavy atom. The first-order valence-electron chi connectivity index (χ1n) is 15.5. The number of nitrogens with zero attached hydrogens (tertiary/aromatic N) is 2. The van der Waals surface area contributed by atoms with E-state index in [1.165, 1.54) is 0 Å². The predicted octanol–water partition coefficient (Wildman–Crippen LogP) is 4.19. The number of nitrogens with one attached hydrogen (secondary N) is 1. The van der Waals surface area contributed by atoms with E-state index in [0.717, 1.165) is 24.8 Å². The zero-order valence-corrected chi connectivity index (χ0v) is 27.2. The maximum absolute atomic E-state index is 13.8. The van der Waals surface area contributed by atoms with Gasteiger partial charge in [0.15, 0.2) is 0 Å². The van der Waals surface area contributed by atoms with E-state index in [1.807, 2.05) is 56.1 Å². The molecule has 42 heavy (non-hydrogen) atoms. The average molecular weight is 590 g/mol. The van der Waals surface area contributed by atoms with Gasteiger partial charge in [-0.25, -0.2) is 0 Å². The van der Waals surface area contributed by atoms with Crippen LogP contribution in [0, 0.1) is 17.8 Å². The standard InChI is InChI=1S/C33H55N3O6/c1-10-22(4)30(35(7)28(37)19-21(2)3)27(41-8)20-29(38)36-18-14-17-26(36)32(42-9)23(5)33(40)34-24(6)31(39)25-15-12-11-13-16-25/h11-13,15-16,21-24,26-27,30-32,39H,10,14,17-20H2,1-9H3,(H,34,40)/t22-,23?,24+,26-,27?,30-,31?,32?/m0/s1.